The van der Waals surface area contributed by atoms with Crippen molar-refractivity contribution in [1.82, 2.24) is 4.98 Å². The highest BCUT2D eigenvalue weighted by Gasteiger charge is 2.55. The predicted octanol–water partition coefficient (Wildman–Crippen LogP) is 7.02. The van der Waals surface area contributed by atoms with E-state index in [4.69, 9.17) is 5.73 Å². The summed E-state index contributed by atoms with van der Waals surface area (Å²) < 4.78 is 41.9. The highest BCUT2D eigenvalue weighted by atomic mass is 32.1. The fourth-order valence-electron chi connectivity index (χ4n) is 6.69. The molecule has 0 saturated heterocycles. The van der Waals surface area contributed by atoms with Crippen molar-refractivity contribution in [2.75, 3.05) is 5.73 Å². The van der Waals surface area contributed by atoms with Gasteiger partial charge in [0.15, 0.2) is 5.78 Å². The number of nitrogens with zero attached hydrogens (tertiary/aromatic N) is 1. The largest absolute Gasteiger partial charge is 0.417 e. The Kier molecular flexibility index (Phi) is 4.16. The standard InChI is InChI=1S/C23H21F3N2OS2/c24-23(25,26)14-7-15(16-2-1-3-30-16)28-21-17(14)18(27)19(31-21)20(29)22-8-11-4-12(9-22)6-13(5-11)10-22/h1-3,7,11-13H,4-6,8-10,27H2. The Balaban J connectivity index is 1.50. The Hall–Kier alpha value is -1.93. The maximum absolute atomic E-state index is 14.0. The molecule has 0 atom stereocenters. The summed E-state index contributed by atoms with van der Waals surface area (Å²) in [5.41, 5.74) is 5.25. The number of ketones is 1. The molecular weight excluding hydrogens is 441 g/mol. The number of aromatic nitrogens is 1. The number of pyridine rings is 1. The van der Waals surface area contributed by atoms with Gasteiger partial charge in [-0.15, -0.1) is 22.7 Å². The summed E-state index contributed by atoms with van der Waals surface area (Å²) in [6.45, 7) is 0. The lowest BCUT2D eigenvalue weighted by Gasteiger charge is -2.55. The number of carbonyl (C=O) groups excluding carboxylic acids is 1. The molecule has 0 aliphatic heterocycles. The second-order valence-electron chi connectivity index (χ2n) is 9.58. The van der Waals surface area contributed by atoms with Crippen molar-refractivity contribution in [2.24, 2.45) is 23.2 Å². The first-order valence-corrected chi connectivity index (χ1v) is 12.3. The van der Waals surface area contributed by atoms with Crippen LogP contribution < -0.4 is 5.73 Å². The third kappa shape index (κ3) is 2.98. The van der Waals surface area contributed by atoms with Gasteiger partial charge in [-0.25, -0.2) is 4.98 Å². The quantitative estimate of drug-likeness (QED) is 0.425. The topological polar surface area (TPSA) is 56.0 Å². The molecule has 3 heterocycles. The molecule has 31 heavy (non-hydrogen) atoms. The van der Waals surface area contributed by atoms with E-state index >= 15 is 0 Å². The van der Waals surface area contributed by atoms with Crippen LogP contribution in [-0.4, -0.2) is 10.8 Å². The van der Waals surface area contributed by atoms with Crippen molar-refractivity contribution in [2.45, 2.75) is 44.7 Å². The Morgan fingerprint density at radius 1 is 1.13 bits per heavy atom. The van der Waals surface area contributed by atoms with Gasteiger partial charge in [-0.2, -0.15) is 13.2 Å². The number of hydrogen-bond donors (Lipinski definition) is 1. The lowest BCUT2D eigenvalue weighted by atomic mass is 9.48. The number of nitrogens with two attached hydrogens (primary N) is 1. The molecule has 4 fully saturated rings. The highest BCUT2D eigenvalue weighted by Crippen LogP contribution is 2.61. The molecule has 0 radical (unpaired) electrons. The van der Waals surface area contributed by atoms with Gasteiger partial charge in [-0.05, 0) is 73.8 Å². The molecule has 162 valence electrons. The minimum absolute atomic E-state index is 0.0432. The molecule has 8 heteroatoms. The summed E-state index contributed by atoms with van der Waals surface area (Å²) in [6.07, 6.45) is 1.56. The minimum atomic E-state index is -4.58. The molecule has 2 N–H and O–H groups in total. The number of rotatable bonds is 3. The number of nitrogen functional groups attached to an aromatic ring is 1. The second kappa shape index (κ2) is 6.54. The molecule has 4 bridgehead atoms. The summed E-state index contributed by atoms with van der Waals surface area (Å²) in [4.78, 5) is 19.4. The van der Waals surface area contributed by atoms with Crippen LogP contribution in [0.5, 0.6) is 0 Å². The molecule has 3 nitrogen and oxygen atoms in total. The molecule has 0 spiro atoms. The summed E-state index contributed by atoms with van der Waals surface area (Å²) in [5.74, 6) is 1.66. The monoisotopic (exact) mass is 462 g/mol. The van der Waals surface area contributed by atoms with Crippen molar-refractivity contribution in [3.63, 3.8) is 0 Å². The second-order valence-corrected chi connectivity index (χ2v) is 11.5. The smallest absolute Gasteiger partial charge is 0.397 e. The molecule has 4 aliphatic carbocycles. The average Bonchev–Trinajstić information content (AvgIpc) is 3.33. The Labute approximate surface area is 185 Å². The van der Waals surface area contributed by atoms with Gasteiger partial charge in [-0.1, -0.05) is 6.07 Å². The van der Waals surface area contributed by atoms with E-state index in [1.807, 2.05) is 0 Å². The van der Waals surface area contributed by atoms with Crippen LogP contribution in [0.25, 0.3) is 20.8 Å². The third-order valence-corrected chi connectivity index (χ3v) is 9.49. The van der Waals surface area contributed by atoms with Gasteiger partial charge < -0.3 is 5.73 Å². The average molecular weight is 463 g/mol. The zero-order chi connectivity index (χ0) is 21.5. The Bertz CT molecular complexity index is 1160. The van der Waals surface area contributed by atoms with E-state index in [1.165, 1.54) is 30.6 Å². The van der Waals surface area contributed by atoms with Gasteiger partial charge >= 0.3 is 6.18 Å². The number of hydrogen-bond acceptors (Lipinski definition) is 5. The maximum atomic E-state index is 14.0. The van der Waals surface area contributed by atoms with Crippen LogP contribution in [0.15, 0.2) is 23.6 Å². The van der Waals surface area contributed by atoms with E-state index in [0.29, 0.717) is 22.6 Å². The van der Waals surface area contributed by atoms with E-state index < -0.39 is 17.2 Å². The summed E-state index contributed by atoms with van der Waals surface area (Å²) in [7, 11) is 0. The molecule has 7 rings (SSSR count). The SMILES string of the molecule is Nc1c(C(=O)C23CC4CC(CC(C4)C2)C3)sc2nc(-c3cccs3)cc(C(F)(F)F)c12. The van der Waals surface area contributed by atoms with Gasteiger partial charge in [0, 0.05) is 10.8 Å². The number of carbonyl (C=O) groups is 1. The van der Waals surface area contributed by atoms with E-state index in [9.17, 15) is 18.0 Å². The van der Waals surface area contributed by atoms with Crippen molar-refractivity contribution >= 4 is 44.4 Å². The van der Waals surface area contributed by atoms with Crippen molar-refractivity contribution < 1.29 is 18.0 Å². The minimum Gasteiger partial charge on any atom is -0.397 e. The first-order valence-electron chi connectivity index (χ1n) is 10.6. The van der Waals surface area contributed by atoms with E-state index in [0.717, 1.165) is 36.7 Å². The zero-order valence-corrected chi connectivity index (χ0v) is 18.3. The fourth-order valence-corrected chi connectivity index (χ4v) is 8.56. The molecule has 0 amide bonds. The molecule has 3 aromatic rings. The van der Waals surface area contributed by atoms with E-state index in [2.05, 4.69) is 4.98 Å². The Morgan fingerprint density at radius 2 is 1.77 bits per heavy atom. The van der Waals surface area contributed by atoms with E-state index in [-0.39, 0.29) is 32.3 Å². The van der Waals surface area contributed by atoms with Crippen LogP contribution >= 0.6 is 22.7 Å². The number of fused-ring (bicyclic) bond motifs is 1. The van der Waals surface area contributed by atoms with Crippen LogP contribution in [0.1, 0.15) is 53.8 Å². The van der Waals surface area contributed by atoms with Crippen LogP contribution in [0, 0.1) is 23.2 Å². The molecule has 0 aromatic carbocycles. The van der Waals surface area contributed by atoms with Crippen molar-refractivity contribution in [3.05, 3.63) is 34.0 Å². The number of thiophene rings is 2. The third-order valence-electron chi connectivity index (χ3n) is 7.50. The molecule has 4 aliphatic rings. The fraction of sp³-hybridized carbons (Fsp3) is 0.478. The molecule has 4 saturated carbocycles. The van der Waals surface area contributed by atoms with Gasteiger partial charge in [0.25, 0.3) is 0 Å². The van der Waals surface area contributed by atoms with Crippen LogP contribution in [0.4, 0.5) is 18.9 Å². The first-order chi connectivity index (χ1) is 14.7. The Morgan fingerprint density at radius 3 is 2.32 bits per heavy atom. The lowest BCUT2D eigenvalue weighted by Crippen LogP contribution is -2.49. The first kappa shape index (κ1) is 19.7. The van der Waals surface area contributed by atoms with Gasteiger partial charge in [0.05, 0.1) is 26.7 Å². The van der Waals surface area contributed by atoms with Gasteiger partial charge in [0.2, 0.25) is 0 Å². The lowest BCUT2D eigenvalue weighted by molar-refractivity contribution is -0.136. The zero-order valence-electron chi connectivity index (χ0n) is 16.7. The van der Waals surface area contributed by atoms with Gasteiger partial charge in [0.1, 0.15) is 4.83 Å². The van der Waals surface area contributed by atoms with Crippen LogP contribution in [0.2, 0.25) is 0 Å². The highest BCUT2D eigenvalue weighted by molar-refractivity contribution is 7.21. The number of halogens is 3. The molecule has 0 unspecified atom stereocenters. The van der Waals surface area contributed by atoms with Crippen LogP contribution in [-0.2, 0) is 6.18 Å². The van der Waals surface area contributed by atoms with Crippen molar-refractivity contribution in [1.29, 1.82) is 0 Å². The molecular formula is C23H21F3N2OS2. The maximum Gasteiger partial charge on any atom is 0.417 e. The summed E-state index contributed by atoms with van der Waals surface area (Å²) in [5, 5.41) is 1.69. The number of Topliss-reactive ketones (excluding diaryl/α,β-unsaturated/α-hetero) is 1. The van der Waals surface area contributed by atoms with Gasteiger partial charge in [-0.3, -0.25) is 4.79 Å². The van der Waals surface area contributed by atoms with Crippen LogP contribution in [0.3, 0.4) is 0 Å². The summed E-state index contributed by atoms with van der Waals surface area (Å²) in [6, 6.07) is 4.59. The molecule has 3 aromatic heterocycles. The summed E-state index contributed by atoms with van der Waals surface area (Å²) >= 11 is 2.38. The predicted molar refractivity (Wildman–Crippen MR) is 117 cm³/mol. The van der Waals surface area contributed by atoms with Crippen molar-refractivity contribution in [3.8, 4) is 10.6 Å². The number of alkyl halides is 3. The normalized spacial score (nSPS) is 29.7. The number of anilines is 1. The van der Waals surface area contributed by atoms with E-state index in [1.54, 1.807) is 17.5 Å².